The van der Waals surface area contributed by atoms with Crippen LogP contribution in [0.4, 0.5) is 14.9 Å². The minimum Gasteiger partial charge on any atom is -0.490 e. The molecule has 9 nitrogen and oxygen atoms in total. The van der Waals surface area contributed by atoms with Gasteiger partial charge in [0.1, 0.15) is 29.6 Å². The Bertz CT molecular complexity index is 1610. The lowest BCUT2D eigenvalue weighted by molar-refractivity contribution is 0.132. The number of ether oxygens (including phenoxy) is 1. The summed E-state index contributed by atoms with van der Waals surface area (Å²) in [6, 6.07) is 12.3. The maximum Gasteiger partial charge on any atom is 0.321 e. The Morgan fingerprint density at radius 2 is 1.89 bits per heavy atom. The summed E-state index contributed by atoms with van der Waals surface area (Å²) in [4.78, 5) is 27.1. The zero-order valence-electron chi connectivity index (χ0n) is 25.3. The van der Waals surface area contributed by atoms with Crippen LogP contribution in [-0.2, 0) is 0 Å². The molecule has 4 heterocycles. The first kappa shape index (κ1) is 31.7. The molecule has 0 spiro atoms. The molecule has 0 saturated carbocycles. The van der Waals surface area contributed by atoms with Crippen LogP contribution in [0, 0.1) is 24.6 Å². The molecule has 0 radical (unpaired) electrons. The van der Waals surface area contributed by atoms with Crippen LogP contribution in [0.15, 0.2) is 48.8 Å². The van der Waals surface area contributed by atoms with Crippen LogP contribution >= 0.6 is 12.4 Å². The largest absolute Gasteiger partial charge is 0.490 e. The molecule has 4 aromatic rings. The van der Waals surface area contributed by atoms with Gasteiger partial charge in [-0.3, -0.25) is 0 Å². The highest BCUT2D eigenvalue weighted by Crippen LogP contribution is 2.35. The first-order valence-electron chi connectivity index (χ1n) is 15.1. The van der Waals surface area contributed by atoms with Crippen LogP contribution in [0.1, 0.15) is 38.7 Å². The van der Waals surface area contributed by atoms with Gasteiger partial charge < -0.3 is 30.4 Å². The molecule has 0 aliphatic carbocycles. The number of benzene rings is 2. The average Bonchev–Trinajstić information content (AvgIpc) is 3.59. The Morgan fingerprint density at radius 3 is 2.61 bits per heavy atom. The van der Waals surface area contributed by atoms with Crippen LogP contribution in [0.3, 0.4) is 0 Å². The molecular formula is C33H40ClFN6O3. The maximum absolute atomic E-state index is 15.0. The van der Waals surface area contributed by atoms with Crippen molar-refractivity contribution in [2.24, 2.45) is 11.8 Å². The molecule has 2 aliphatic heterocycles. The number of nitrogens with zero attached hydrogens (tertiary/aromatic N) is 3. The molecule has 2 aliphatic rings. The Morgan fingerprint density at radius 1 is 1.14 bits per heavy atom. The van der Waals surface area contributed by atoms with Gasteiger partial charge in [0.25, 0.3) is 0 Å². The number of H-pyrrole nitrogens is 1. The third-order valence-corrected chi connectivity index (χ3v) is 8.52. The summed E-state index contributed by atoms with van der Waals surface area (Å²) < 4.78 is 21.1. The predicted octanol–water partition coefficient (Wildman–Crippen LogP) is 6.16. The SMILES string of the molecule is Cc1c(NC(=O)N2C[C@H](CC(C)C)[C@@H](O)C2)cc(F)cc1-c1ncnc2[nH]c(-c3ccc(OC4CCNCC4)cc3)cc12.Cl. The summed E-state index contributed by atoms with van der Waals surface area (Å²) in [5, 5.41) is 17.5. The van der Waals surface area contributed by atoms with Gasteiger partial charge in [-0.2, -0.15) is 0 Å². The number of likely N-dealkylation sites (tertiary alicyclic amines) is 1. The van der Waals surface area contributed by atoms with E-state index in [0.717, 1.165) is 54.7 Å². The van der Waals surface area contributed by atoms with E-state index in [2.05, 4.69) is 39.4 Å². The van der Waals surface area contributed by atoms with Gasteiger partial charge in [0.2, 0.25) is 0 Å². The van der Waals surface area contributed by atoms with Gasteiger partial charge in [-0.1, -0.05) is 13.8 Å². The third-order valence-electron chi connectivity index (χ3n) is 8.52. The number of β-amino-alcohol motifs (C(OH)–C–C–N with tert-alkyl or cyclic N) is 1. The summed E-state index contributed by atoms with van der Waals surface area (Å²) in [5.74, 6) is 0.815. The number of amides is 2. The number of aliphatic hydroxyl groups excluding tert-OH is 1. The van der Waals surface area contributed by atoms with Crippen molar-refractivity contribution in [3.05, 3.63) is 60.2 Å². The fourth-order valence-corrected chi connectivity index (χ4v) is 6.24. The number of hydrogen-bond acceptors (Lipinski definition) is 6. The molecule has 234 valence electrons. The van der Waals surface area contributed by atoms with Gasteiger partial charge in [0.05, 0.1) is 11.8 Å². The summed E-state index contributed by atoms with van der Waals surface area (Å²) in [6.07, 6.45) is 3.95. The molecule has 0 bridgehead atoms. The summed E-state index contributed by atoms with van der Waals surface area (Å²) in [7, 11) is 0. The number of piperidine rings is 1. The number of nitrogens with one attached hydrogen (secondary N) is 3. The van der Waals surface area contributed by atoms with Crippen molar-refractivity contribution in [3.63, 3.8) is 0 Å². The normalized spacial score (nSPS) is 18.9. The smallest absolute Gasteiger partial charge is 0.321 e. The molecular weight excluding hydrogens is 583 g/mol. The van der Waals surface area contributed by atoms with Gasteiger partial charge in [-0.25, -0.2) is 19.2 Å². The monoisotopic (exact) mass is 622 g/mol. The molecule has 0 unspecified atom stereocenters. The van der Waals surface area contributed by atoms with Crippen LogP contribution < -0.4 is 15.4 Å². The molecule has 6 rings (SSSR count). The zero-order valence-corrected chi connectivity index (χ0v) is 26.1. The molecule has 2 atom stereocenters. The lowest BCUT2D eigenvalue weighted by Crippen LogP contribution is -2.34. The fraction of sp³-hybridized carbons (Fsp3) is 0.424. The highest BCUT2D eigenvalue weighted by Gasteiger charge is 2.34. The Balaban J connectivity index is 0.00000384. The second kappa shape index (κ2) is 13.5. The average molecular weight is 623 g/mol. The minimum absolute atomic E-state index is 0. The fourth-order valence-electron chi connectivity index (χ4n) is 6.24. The summed E-state index contributed by atoms with van der Waals surface area (Å²) in [6.45, 7) is 8.72. The number of rotatable bonds is 7. The number of fused-ring (bicyclic) bond motifs is 1. The van der Waals surface area contributed by atoms with Crippen molar-refractivity contribution < 1.29 is 19.0 Å². The quantitative estimate of drug-likeness (QED) is 0.196. The predicted molar refractivity (Wildman–Crippen MR) is 173 cm³/mol. The van der Waals surface area contributed by atoms with E-state index < -0.39 is 11.9 Å². The first-order chi connectivity index (χ1) is 20.7. The Labute approximate surface area is 263 Å². The van der Waals surface area contributed by atoms with E-state index in [0.29, 0.717) is 40.6 Å². The molecule has 2 amide bonds. The number of carbonyl (C=O) groups is 1. The highest BCUT2D eigenvalue weighted by atomic mass is 35.5. The number of urea groups is 1. The van der Waals surface area contributed by atoms with E-state index >= 15 is 0 Å². The van der Waals surface area contributed by atoms with Crippen LogP contribution in [0.5, 0.6) is 5.75 Å². The van der Waals surface area contributed by atoms with E-state index in [1.54, 1.807) is 4.90 Å². The number of carbonyl (C=O) groups excluding carboxylic acids is 1. The van der Waals surface area contributed by atoms with Crippen LogP contribution in [0.2, 0.25) is 0 Å². The molecule has 11 heteroatoms. The number of anilines is 1. The van der Waals surface area contributed by atoms with E-state index in [4.69, 9.17) is 4.74 Å². The number of aliphatic hydroxyl groups is 1. The van der Waals surface area contributed by atoms with Crippen molar-refractivity contribution in [2.75, 3.05) is 31.5 Å². The molecule has 2 saturated heterocycles. The number of hydrogen-bond donors (Lipinski definition) is 4. The van der Waals surface area contributed by atoms with Gasteiger partial charge in [-0.15, -0.1) is 12.4 Å². The van der Waals surface area contributed by atoms with Crippen molar-refractivity contribution in [3.8, 4) is 28.3 Å². The van der Waals surface area contributed by atoms with Crippen LogP contribution in [-0.4, -0.2) is 69.4 Å². The molecule has 2 aromatic heterocycles. The van der Waals surface area contributed by atoms with Crippen molar-refractivity contribution in [1.82, 2.24) is 25.2 Å². The molecule has 44 heavy (non-hydrogen) atoms. The van der Waals surface area contributed by atoms with E-state index in [1.165, 1.54) is 18.5 Å². The zero-order chi connectivity index (χ0) is 30.1. The second-order valence-corrected chi connectivity index (χ2v) is 12.2. The van der Waals surface area contributed by atoms with Gasteiger partial charge >= 0.3 is 6.03 Å². The summed E-state index contributed by atoms with van der Waals surface area (Å²) >= 11 is 0. The molecule has 2 aromatic carbocycles. The number of halogens is 2. The van der Waals surface area contributed by atoms with Crippen molar-refractivity contribution in [1.29, 1.82) is 0 Å². The molecule has 4 N–H and O–H groups in total. The minimum atomic E-state index is -0.562. The number of aromatic nitrogens is 3. The Kier molecular flexibility index (Phi) is 9.72. The van der Waals surface area contributed by atoms with Gasteiger partial charge in [0, 0.05) is 41.3 Å². The van der Waals surface area contributed by atoms with E-state index in [1.807, 2.05) is 37.3 Å². The van der Waals surface area contributed by atoms with E-state index in [9.17, 15) is 14.3 Å². The van der Waals surface area contributed by atoms with Crippen molar-refractivity contribution in [2.45, 2.75) is 52.2 Å². The van der Waals surface area contributed by atoms with E-state index in [-0.39, 0.29) is 37.0 Å². The highest BCUT2D eigenvalue weighted by molar-refractivity contribution is 5.97. The first-order valence-corrected chi connectivity index (χ1v) is 15.1. The topological polar surface area (TPSA) is 115 Å². The van der Waals surface area contributed by atoms with Gasteiger partial charge in [0.15, 0.2) is 0 Å². The molecule has 2 fully saturated rings. The van der Waals surface area contributed by atoms with Crippen molar-refractivity contribution >= 4 is 35.2 Å². The summed E-state index contributed by atoms with van der Waals surface area (Å²) in [5.41, 5.74) is 4.65. The standard InChI is InChI=1S/C33H39FN6O3.ClH/c1-19(2)12-22-16-40(17-30(22)41)33(42)39-28-14-23(34)13-26(20(28)3)31-27-15-29(38-32(27)37-18-36-31)21-4-6-24(7-5-21)43-25-8-10-35-11-9-25;/h4-7,13-15,18-19,22,25,30,35,41H,8-12,16-17H2,1-3H3,(H,39,42)(H,36,37,38);1H/t22-,30-;/m0./s1. The third kappa shape index (κ3) is 6.82. The lowest BCUT2D eigenvalue weighted by atomic mass is 9.95. The number of aromatic amines is 1. The Hall–Kier alpha value is -3.73. The lowest BCUT2D eigenvalue weighted by Gasteiger charge is -2.23. The second-order valence-electron chi connectivity index (χ2n) is 12.2. The maximum atomic E-state index is 15.0. The van der Waals surface area contributed by atoms with Crippen LogP contribution in [0.25, 0.3) is 33.5 Å². The van der Waals surface area contributed by atoms with Gasteiger partial charge in [-0.05, 0) is 98.8 Å².